The van der Waals surface area contributed by atoms with Gasteiger partial charge in [0, 0.05) is 18.4 Å². The second kappa shape index (κ2) is 3.02. The Morgan fingerprint density at radius 1 is 1.55 bits per heavy atom. The molecule has 1 heterocycles. The Kier molecular flexibility index (Phi) is 2.07. The summed E-state index contributed by atoms with van der Waals surface area (Å²) in [5, 5.41) is 11.5. The van der Waals surface area contributed by atoms with Crippen LogP contribution in [0.5, 0.6) is 0 Å². The van der Waals surface area contributed by atoms with Crippen molar-refractivity contribution in [3.8, 4) is 6.07 Å². The number of hydrogen-bond acceptors (Lipinski definition) is 3. The van der Waals surface area contributed by atoms with Gasteiger partial charge in [-0.3, -0.25) is 0 Å². The molecule has 0 fully saturated rings. The minimum absolute atomic E-state index is 0.453. The van der Waals surface area contributed by atoms with E-state index in [1.807, 2.05) is 26.1 Å². The Balaban J connectivity index is 3.15. The number of pyridine rings is 1. The lowest BCUT2D eigenvalue weighted by Crippen LogP contribution is -1.93. The third-order valence-electron chi connectivity index (χ3n) is 1.36. The van der Waals surface area contributed by atoms with Crippen LogP contribution in [0.25, 0.3) is 0 Å². The summed E-state index contributed by atoms with van der Waals surface area (Å²) < 4.78 is 0. The van der Waals surface area contributed by atoms with E-state index >= 15 is 0 Å². The van der Waals surface area contributed by atoms with Gasteiger partial charge in [-0.1, -0.05) is 0 Å². The zero-order valence-electron chi connectivity index (χ0n) is 6.55. The summed E-state index contributed by atoms with van der Waals surface area (Å²) >= 11 is 0. The normalized spacial score (nSPS) is 8.82. The molecule has 0 aromatic carbocycles. The van der Waals surface area contributed by atoms with E-state index in [1.165, 1.54) is 0 Å². The van der Waals surface area contributed by atoms with Gasteiger partial charge in [-0.05, 0) is 19.1 Å². The lowest BCUT2D eigenvalue weighted by Gasteiger charge is -2.00. The van der Waals surface area contributed by atoms with E-state index in [0.29, 0.717) is 5.69 Å². The molecule has 0 saturated heterocycles. The van der Waals surface area contributed by atoms with Crippen LogP contribution in [0.2, 0.25) is 0 Å². The highest BCUT2D eigenvalue weighted by molar-refractivity contribution is 5.47. The Bertz CT molecular complexity index is 299. The SMILES string of the molecule is CNc1cc(C)nc(C#N)c1. The average Bonchev–Trinajstić information content (AvgIpc) is 2.03. The first-order valence-electron chi connectivity index (χ1n) is 3.33. The van der Waals surface area contributed by atoms with E-state index in [4.69, 9.17) is 5.26 Å². The van der Waals surface area contributed by atoms with Crippen LogP contribution in [0, 0.1) is 18.3 Å². The van der Waals surface area contributed by atoms with Gasteiger partial charge in [-0.15, -0.1) is 0 Å². The summed E-state index contributed by atoms with van der Waals surface area (Å²) in [7, 11) is 1.82. The van der Waals surface area contributed by atoms with Gasteiger partial charge >= 0.3 is 0 Å². The van der Waals surface area contributed by atoms with Crippen molar-refractivity contribution in [2.45, 2.75) is 6.92 Å². The van der Waals surface area contributed by atoms with E-state index in [0.717, 1.165) is 11.4 Å². The average molecular weight is 147 g/mol. The summed E-state index contributed by atoms with van der Waals surface area (Å²) in [6.45, 7) is 1.86. The molecule has 0 atom stereocenters. The largest absolute Gasteiger partial charge is 0.388 e. The van der Waals surface area contributed by atoms with Crippen molar-refractivity contribution in [1.82, 2.24) is 4.98 Å². The Hall–Kier alpha value is -1.56. The Morgan fingerprint density at radius 3 is 2.82 bits per heavy atom. The minimum Gasteiger partial charge on any atom is -0.388 e. The quantitative estimate of drug-likeness (QED) is 0.651. The van der Waals surface area contributed by atoms with Crippen LogP contribution in [-0.2, 0) is 0 Å². The molecule has 3 heteroatoms. The second-order valence-electron chi connectivity index (χ2n) is 2.24. The van der Waals surface area contributed by atoms with Crippen molar-refractivity contribution >= 4 is 5.69 Å². The van der Waals surface area contributed by atoms with Crippen molar-refractivity contribution in [1.29, 1.82) is 5.26 Å². The van der Waals surface area contributed by atoms with Gasteiger partial charge in [0.15, 0.2) is 0 Å². The highest BCUT2D eigenvalue weighted by Gasteiger charge is 1.95. The number of hydrogen-bond donors (Lipinski definition) is 1. The van der Waals surface area contributed by atoms with Crippen LogP contribution >= 0.6 is 0 Å². The molecular weight excluding hydrogens is 138 g/mol. The third kappa shape index (κ3) is 1.68. The predicted octanol–water partition coefficient (Wildman–Crippen LogP) is 1.30. The molecule has 11 heavy (non-hydrogen) atoms. The monoisotopic (exact) mass is 147 g/mol. The number of nitrogens with zero attached hydrogens (tertiary/aromatic N) is 2. The lowest BCUT2D eigenvalue weighted by atomic mass is 10.3. The number of aromatic nitrogens is 1. The van der Waals surface area contributed by atoms with E-state index in [1.54, 1.807) is 6.07 Å². The number of nitrogens with one attached hydrogen (secondary N) is 1. The van der Waals surface area contributed by atoms with Crippen LogP contribution in [0.15, 0.2) is 12.1 Å². The van der Waals surface area contributed by atoms with Crippen LogP contribution in [0.1, 0.15) is 11.4 Å². The number of rotatable bonds is 1. The van der Waals surface area contributed by atoms with Gasteiger partial charge in [0.25, 0.3) is 0 Å². The van der Waals surface area contributed by atoms with Gasteiger partial charge in [-0.2, -0.15) is 5.26 Å². The zero-order chi connectivity index (χ0) is 8.27. The molecule has 1 aromatic rings. The molecule has 1 rings (SSSR count). The van der Waals surface area contributed by atoms with Crippen LogP contribution in [-0.4, -0.2) is 12.0 Å². The molecule has 0 amide bonds. The van der Waals surface area contributed by atoms with E-state index in [-0.39, 0.29) is 0 Å². The highest BCUT2D eigenvalue weighted by Crippen LogP contribution is 2.08. The smallest absolute Gasteiger partial charge is 0.142 e. The number of aryl methyl sites for hydroxylation is 1. The van der Waals surface area contributed by atoms with Crippen molar-refractivity contribution in [3.63, 3.8) is 0 Å². The number of anilines is 1. The first-order chi connectivity index (χ1) is 5.26. The topological polar surface area (TPSA) is 48.7 Å². The molecule has 0 aliphatic rings. The minimum atomic E-state index is 0.453. The fraction of sp³-hybridized carbons (Fsp3) is 0.250. The molecule has 0 unspecified atom stereocenters. The van der Waals surface area contributed by atoms with Crippen molar-refractivity contribution in [2.24, 2.45) is 0 Å². The fourth-order valence-electron chi connectivity index (χ4n) is 0.870. The zero-order valence-corrected chi connectivity index (χ0v) is 6.55. The molecule has 56 valence electrons. The predicted molar refractivity (Wildman–Crippen MR) is 43.2 cm³/mol. The van der Waals surface area contributed by atoms with Crippen LogP contribution in [0.4, 0.5) is 5.69 Å². The molecule has 1 N–H and O–H groups in total. The standard InChI is InChI=1S/C8H9N3/c1-6-3-7(10-2)4-8(5-9)11-6/h3-4H,1-2H3,(H,10,11). The van der Waals surface area contributed by atoms with E-state index in [2.05, 4.69) is 10.3 Å². The first kappa shape index (κ1) is 7.55. The second-order valence-corrected chi connectivity index (χ2v) is 2.24. The first-order valence-corrected chi connectivity index (χ1v) is 3.33. The summed E-state index contributed by atoms with van der Waals surface area (Å²) in [5.74, 6) is 0. The summed E-state index contributed by atoms with van der Waals surface area (Å²) in [6.07, 6.45) is 0. The van der Waals surface area contributed by atoms with Gasteiger partial charge in [0.2, 0.25) is 0 Å². The Morgan fingerprint density at radius 2 is 2.27 bits per heavy atom. The molecule has 0 radical (unpaired) electrons. The van der Waals surface area contributed by atoms with Gasteiger partial charge < -0.3 is 5.32 Å². The van der Waals surface area contributed by atoms with Crippen LogP contribution in [0.3, 0.4) is 0 Å². The molecule has 1 aromatic heterocycles. The van der Waals surface area contributed by atoms with Crippen molar-refractivity contribution < 1.29 is 0 Å². The summed E-state index contributed by atoms with van der Waals surface area (Å²) in [4.78, 5) is 4.00. The molecule has 0 spiro atoms. The van der Waals surface area contributed by atoms with Gasteiger partial charge in [-0.25, -0.2) is 4.98 Å². The van der Waals surface area contributed by atoms with Crippen molar-refractivity contribution in [3.05, 3.63) is 23.5 Å². The van der Waals surface area contributed by atoms with E-state index < -0.39 is 0 Å². The van der Waals surface area contributed by atoms with E-state index in [9.17, 15) is 0 Å². The maximum absolute atomic E-state index is 8.54. The molecule has 3 nitrogen and oxygen atoms in total. The molecule has 0 aliphatic heterocycles. The van der Waals surface area contributed by atoms with Gasteiger partial charge in [0.05, 0.1) is 0 Å². The lowest BCUT2D eigenvalue weighted by molar-refractivity contribution is 1.16. The fourth-order valence-corrected chi connectivity index (χ4v) is 0.870. The van der Waals surface area contributed by atoms with Crippen molar-refractivity contribution in [2.75, 3.05) is 12.4 Å². The summed E-state index contributed by atoms with van der Waals surface area (Å²) in [5.41, 5.74) is 2.23. The molecular formula is C8H9N3. The maximum Gasteiger partial charge on any atom is 0.142 e. The summed E-state index contributed by atoms with van der Waals surface area (Å²) in [6, 6.07) is 5.60. The molecule has 0 saturated carbocycles. The number of nitriles is 1. The molecule has 0 aliphatic carbocycles. The highest BCUT2D eigenvalue weighted by atomic mass is 14.8. The van der Waals surface area contributed by atoms with Crippen LogP contribution < -0.4 is 5.32 Å². The molecule has 0 bridgehead atoms. The Labute approximate surface area is 65.7 Å². The third-order valence-corrected chi connectivity index (χ3v) is 1.36. The van der Waals surface area contributed by atoms with Gasteiger partial charge in [0.1, 0.15) is 11.8 Å². The maximum atomic E-state index is 8.54.